The molecule has 0 unspecified atom stereocenters. The summed E-state index contributed by atoms with van der Waals surface area (Å²) in [6.07, 6.45) is 6.32. The van der Waals surface area contributed by atoms with Gasteiger partial charge in [0, 0.05) is 30.3 Å². The summed E-state index contributed by atoms with van der Waals surface area (Å²) in [7, 11) is 4.34. The third kappa shape index (κ3) is 3.92. The van der Waals surface area contributed by atoms with Crippen molar-refractivity contribution < 1.29 is 0 Å². The maximum Gasteiger partial charge on any atom is 0.129 e. The third-order valence-electron chi connectivity index (χ3n) is 4.21. The molecule has 0 saturated heterocycles. The predicted octanol–water partition coefficient (Wildman–Crippen LogP) is 2.88. The molecular weight excluding hydrogens is 248 g/mol. The zero-order valence-corrected chi connectivity index (χ0v) is 13.4. The largest absolute Gasteiger partial charge is 0.369 e. The van der Waals surface area contributed by atoms with E-state index in [-0.39, 0.29) is 0 Å². The minimum absolute atomic E-state index is 0.411. The lowest BCUT2D eigenvalue weighted by Crippen LogP contribution is -2.37. The predicted molar refractivity (Wildman–Crippen MR) is 84.1 cm³/mol. The van der Waals surface area contributed by atoms with Crippen LogP contribution in [0.3, 0.4) is 0 Å². The molecule has 112 valence electrons. The van der Waals surface area contributed by atoms with Crippen LogP contribution in [0, 0.1) is 12.3 Å². The summed E-state index contributed by atoms with van der Waals surface area (Å²) in [5.41, 5.74) is 1.53. The van der Waals surface area contributed by atoms with Gasteiger partial charge in [0.15, 0.2) is 0 Å². The number of nitrogens with one attached hydrogen (secondary N) is 1. The minimum atomic E-state index is 0.411. The van der Waals surface area contributed by atoms with Gasteiger partial charge in [0.2, 0.25) is 0 Å². The van der Waals surface area contributed by atoms with Crippen molar-refractivity contribution in [2.75, 3.05) is 32.5 Å². The average Bonchev–Trinajstić information content (AvgIpc) is 2.84. The van der Waals surface area contributed by atoms with Crippen LogP contribution in [0.15, 0.2) is 6.07 Å². The highest BCUT2D eigenvalue weighted by atomic mass is 15.1. The van der Waals surface area contributed by atoms with Gasteiger partial charge in [-0.3, -0.25) is 0 Å². The molecule has 1 aromatic heterocycles. The fourth-order valence-electron chi connectivity index (χ4n) is 3.37. The molecule has 4 nitrogen and oxygen atoms in total. The molecule has 0 aliphatic heterocycles. The number of hydrogen-bond donors (Lipinski definition) is 1. The maximum atomic E-state index is 4.52. The first kappa shape index (κ1) is 15.2. The van der Waals surface area contributed by atoms with Crippen LogP contribution >= 0.6 is 0 Å². The molecule has 0 amide bonds. The van der Waals surface area contributed by atoms with Crippen molar-refractivity contribution in [2.45, 2.75) is 46.0 Å². The average molecular weight is 276 g/mol. The second-order valence-corrected chi connectivity index (χ2v) is 6.44. The molecule has 1 aliphatic carbocycles. The van der Waals surface area contributed by atoms with Crippen LogP contribution < -0.4 is 5.32 Å². The lowest BCUT2D eigenvalue weighted by molar-refractivity contribution is 0.215. The van der Waals surface area contributed by atoms with E-state index in [4.69, 9.17) is 0 Å². The molecule has 1 saturated carbocycles. The molecule has 1 fully saturated rings. The molecule has 1 N–H and O–H groups in total. The van der Waals surface area contributed by atoms with Crippen LogP contribution in [0.1, 0.15) is 44.1 Å². The number of rotatable bonds is 6. The van der Waals surface area contributed by atoms with E-state index in [1.54, 1.807) is 0 Å². The van der Waals surface area contributed by atoms with Crippen molar-refractivity contribution >= 4 is 5.82 Å². The highest BCUT2D eigenvalue weighted by molar-refractivity contribution is 5.36. The SMILES string of the molecule is CCc1cc(NCC2(CN(C)C)CCCC2)nc(C)n1. The molecule has 0 atom stereocenters. The van der Waals surface area contributed by atoms with Gasteiger partial charge in [0.25, 0.3) is 0 Å². The third-order valence-corrected chi connectivity index (χ3v) is 4.21. The Labute approximate surface area is 123 Å². The van der Waals surface area contributed by atoms with E-state index in [1.165, 1.54) is 25.7 Å². The van der Waals surface area contributed by atoms with E-state index in [1.807, 2.05) is 6.92 Å². The monoisotopic (exact) mass is 276 g/mol. The van der Waals surface area contributed by atoms with Crippen LogP contribution in [0.4, 0.5) is 5.82 Å². The Balaban J connectivity index is 2.04. The molecule has 0 bridgehead atoms. The number of aromatic nitrogens is 2. The molecule has 0 spiro atoms. The van der Waals surface area contributed by atoms with Crippen LogP contribution in [0.5, 0.6) is 0 Å². The molecular formula is C16H28N4. The van der Waals surface area contributed by atoms with Gasteiger partial charge in [0.05, 0.1) is 0 Å². The Morgan fingerprint density at radius 1 is 1.25 bits per heavy atom. The number of anilines is 1. The molecule has 1 heterocycles. The van der Waals surface area contributed by atoms with Crippen molar-refractivity contribution in [1.29, 1.82) is 0 Å². The first-order valence-corrected chi connectivity index (χ1v) is 7.76. The Morgan fingerprint density at radius 3 is 2.55 bits per heavy atom. The van der Waals surface area contributed by atoms with Gasteiger partial charge in [-0.25, -0.2) is 9.97 Å². The smallest absolute Gasteiger partial charge is 0.129 e. The van der Waals surface area contributed by atoms with Gasteiger partial charge in [-0.15, -0.1) is 0 Å². The van der Waals surface area contributed by atoms with E-state index >= 15 is 0 Å². The van der Waals surface area contributed by atoms with Crippen LogP contribution in [-0.4, -0.2) is 42.1 Å². The van der Waals surface area contributed by atoms with Gasteiger partial charge >= 0.3 is 0 Å². The second kappa shape index (κ2) is 6.53. The summed E-state index contributed by atoms with van der Waals surface area (Å²) in [6, 6.07) is 2.09. The van der Waals surface area contributed by atoms with Crippen molar-refractivity contribution in [1.82, 2.24) is 14.9 Å². The fourth-order valence-corrected chi connectivity index (χ4v) is 3.37. The summed E-state index contributed by atoms with van der Waals surface area (Å²) in [4.78, 5) is 11.3. The topological polar surface area (TPSA) is 41.0 Å². The van der Waals surface area contributed by atoms with Gasteiger partial charge < -0.3 is 10.2 Å². The van der Waals surface area contributed by atoms with E-state index in [0.29, 0.717) is 5.41 Å². The lowest BCUT2D eigenvalue weighted by atomic mass is 9.85. The van der Waals surface area contributed by atoms with Crippen molar-refractivity contribution in [2.24, 2.45) is 5.41 Å². The summed E-state index contributed by atoms with van der Waals surface area (Å²) in [6.45, 7) is 6.28. The summed E-state index contributed by atoms with van der Waals surface area (Å²) in [5, 5.41) is 3.57. The van der Waals surface area contributed by atoms with Gasteiger partial charge in [0.1, 0.15) is 11.6 Å². The quantitative estimate of drug-likeness (QED) is 0.867. The first-order chi connectivity index (χ1) is 9.53. The summed E-state index contributed by atoms with van der Waals surface area (Å²) < 4.78 is 0. The highest BCUT2D eigenvalue weighted by Gasteiger charge is 2.34. The van der Waals surface area contributed by atoms with Gasteiger partial charge in [-0.05, 0) is 40.3 Å². The Hall–Kier alpha value is -1.16. The minimum Gasteiger partial charge on any atom is -0.369 e. The molecule has 0 radical (unpaired) electrons. The first-order valence-electron chi connectivity index (χ1n) is 7.76. The summed E-state index contributed by atoms with van der Waals surface area (Å²) >= 11 is 0. The molecule has 0 aromatic carbocycles. The Morgan fingerprint density at radius 2 is 1.95 bits per heavy atom. The van der Waals surface area contributed by atoms with Crippen molar-refractivity contribution in [3.05, 3.63) is 17.6 Å². The van der Waals surface area contributed by atoms with Crippen LogP contribution in [-0.2, 0) is 6.42 Å². The highest BCUT2D eigenvalue weighted by Crippen LogP contribution is 2.38. The molecule has 2 rings (SSSR count). The Kier molecular flexibility index (Phi) is 4.97. The zero-order valence-electron chi connectivity index (χ0n) is 13.4. The normalized spacial score (nSPS) is 17.6. The van der Waals surface area contributed by atoms with Gasteiger partial charge in [-0.1, -0.05) is 19.8 Å². The number of hydrogen-bond acceptors (Lipinski definition) is 4. The number of nitrogens with zero attached hydrogens (tertiary/aromatic N) is 3. The standard InChI is InChI=1S/C16H28N4/c1-5-14-10-15(19-13(2)18-14)17-11-16(12-20(3)4)8-6-7-9-16/h10H,5-9,11-12H2,1-4H3,(H,17,18,19). The molecule has 1 aliphatic rings. The lowest BCUT2D eigenvalue weighted by Gasteiger charge is -2.32. The van der Waals surface area contributed by atoms with E-state index in [0.717, 1.165) is 36.8 Å². The second-order valence-electron chi connectivity index (χ2n) is 6.44. The zero-order chi connectivity index (χ0) is 14.6. The molecule has 20 heavy (non-hydrogen) atoms. The van der Waals surface area contributed by atoms with E-state index in [2.05, 4.69) is 47.3 Å². The van der Waals surface area contributed by atoms with Gasteiger partial charge in [-0.2, -0.15) is 0 Å². The molecule has 1 aromatic rings. The fraction of sp³-hybridized carbons (Fsp3) is 0.750. The van der Waals surface area contributed by atoms with Crippen molar-refractivity contribution in [3.63, 3.8) is 0 Å². The van der Waals surface area contributed by atoms with Crippen LogP contribution in [0.25, 0.3) is 0 Å². The summed E-state index contributed by atoms with van der Waals surface area (Å²) in [5.74, 6) is 1.85. The molecule has 4 heteroatoms. The van der Waals surface area contributed by atoms with E-state index < -0.39 is 0 Å². The number of aryl methyl sites for hydroxylation is 2. The van der Waals surface area contributed by atoms with E-state index in [9.17, 15) is 0 Å². The maximum absolute atomic E-state index is 4.52. The van der Waals surface area contributed by atoms with Crippen LogP contribution in [0.2, 0.25) is 0 Å². The van der Waals surface area contributed by atoms with Crippen molar-refractivity contribution in [3.8, 4) is 0 Å². The Bertz CT molecular complexity index is 436.